The summed E-state index contributed by atoms with van der Waals surface area (Å²) in [6.07, 6.45) is 2.96. The summed E-state index contributed by atoms with van der Waals surface area (Å²) in [7, 11) is 0. The lowest BCUT2D eigenvalue weighted by Crippen LogP contribution is -1.57. The molecule has 0 amide bonds. The third-order valence-corrected chi connectivity index (χ3v) is 0.331. The van der Waals surface area contributed by atoms with Crippen molar-refractivity contribution in [2.75, 3.05) is 6.61 Å². The van der Waals surface area contributed by atoms with Crippen LogP contribution < -0.4 is 0 Å². The van der Waals surface area contributed by atoms with Gasteiger partial charge in [-0.1, -0.05) is 0 Å². The van der Waals surface area contributed by atoms with Crippen LogP contribution in [-0.2, 0) is 0 Å². The first kappa shape index (κ1) is 7.10. The van der Waals surface area contributed by atoms with Crippen molar-refractivity contribution >= 4 is 0 Å². The van der Waals surface area contributed by atoms with Crippen molar-refractivity contribution in [3.63, 3.8) is 0 Å². The molecule has 0 saturated carbocycles. The predicted molar refractivity (Wildman–Crippen MR) is 29.1 cm³/mol. The van der Waals surface area contributed by atoms with E-state index in [9.17, 15) is 0 Å². The van der Waals surface area contributed by atoms with Crippen molar-refractivity contribution < 1.29 is 5.11 Å². The first-order chi connectivity index (χ1) is 3.91. The highest BCUT2D eigenvalue weighted by Gasteiger charge is 1.57. The van der Waals surface area contributed by atoms with E-state index >= 15 is 0 Å². The van der Waals surface area contributed by atoms with Crippen molar-refractivity contribution in [2.24, 2.45) is 0 Å². The molecule has 8 heavy (non-hydrogen) atoms. The number of H-pyrrole nitrogens is 1. The predicted octanol–water partition coefficient (Wildman–Crippen LogP) is -0.197. The lowest BCUT2D eigenvalue weighted by atomic mass is 10.9. The summed E-state index contributed by atoms with van der Waals surface area (Å²) in [5, 5.41) is 13.6. The maximum Gasteiger partial charge on any atom is 0.137 e. The molecule has 0 spiro atoms. The minimum absolute atomic E-state index is 0.250. The minimum Gasteiger partial charge on any atom is -0.397 e. The van der Waals surface area contributed by atoms with Gasteiger partial charge in [-0.15, -0.1) is 0 Å². The zero-order chi connectivity index (χ0) is 6.24. The number of nitrogens with one attached hydrogen (secondary N) is 1. The highest BCUT2D eigenvalue weighted by molar-refractivity contribution is 4.43. The van der Waals surface area contributed by atoms with E-state index in [1.807, 2.05) is 0 Å². The van der Waals surface area contributed by atoms with E-state index in [2.05, 4.69) is 15.2 Å². The summed E-state index contributed by atoms with van der Waals surface area (Å²) < 4.78 is 0. The average molecular weight is 115 g/mol. The fraction of sp³-hybridized carbons (Fsp3) is 0.500. The first-order valence-electron chi connectivity index (χ1n) is 2.31. The fourth-order valence-corrected chi connectivity index (χ4v) is 0.167. The van der Waals surface area contributed by atoms with Gasteiger partial charge in [-0.2, -0.15) is 5.10 Å². The second kappa shape index (κ2) is 6.10. The van der Waals surface area contributed by atoms with E-state index < -0.39 is 0 Å². The van der Waals surface area contributed by atoms with Crippen molar-refractivity contribution in [3.8, 4) is 0 Å². The van der Waals surface area contributed by atoms with Crippen molar-refractivity contribution in [1.29, 1.82) is 0 Å². The van der Waals surface area contributed by atoms with Gasteiger partial charge in [-0.05, 0) is 6.92 Å². The molecule has 0 saturated heterocycles. The molecule has 1 heterocycles. The third kappa shape index (κ3) is 5.10. The lowest BCUT2D eigenvalue weighted by Gasteiger charge is -1.52. The van der Waals surface area contributed by atoms with Crippen LogP contribution in [-0.4, -0.2) is 26.9 Å². The molecule has 1 aromatic heterocycles. The Labute approximate surface area is 47.6 Å². The van der Waals surface area contributed by atoms with Crippen LogP contribution in [0.4, 0.5) is 0 Å². The molecule has 0 unspecified atom stereocenters. The van der Waals surface area contributed by atoms with Crippen molar-refractivity contribution in [2.45, 2.75) is 6.92 Å². The summed E-state index contributed by atoms with van der Waals surface area (Å²) in [5.74, 6) is 0. The van der Waals surface area contributed by atoms with E-state index in [-0.39, 0.29) is 6.61 Å². The molecule has 0 aliphatic heterocycles. The van der Waals surface area contributed by atoms with Gasteiger partial charge in [0.1, 0.15) is 12.7 Å². The Hall–Kier alpha value is -0.900. The van der Waals surface area contributed by atoms with Crippen LogP contribution in [0.5, 0.6) is 0 Å². The largest absolute Gasteiger partial charge is 0.397 e. The molecule has 1 aromatic rings. The Morgan fingerprint density at radius 1 is 1.75 bits per heavy atom. The molecule has 1 rings (SSSR count). The van der Waals surface area contributed by atoms with Crippen LogP contribution >= 0.6 is 0 Å². The van der Waals surface area contributed by atoms with E-state index in [1.54, 1.807) is 6.92 Å². The van der Waals surface area contributed by atoms with Gasteiger partial charge in [0.25, 0.3) is 0 Å². The Balaban J connectivity index is 0.000000145. The number of hydrogen-bond donors (Lipinski definition) is 2. The topological polar surface area (TPSA) is 61.8 Å². The Kier molecular flexibility index (Phi) is 5.41. The molecule has 4 heteroatoms. The summed E-state index contributed by atoms with van der Waals surface area (Å²) in [6.45, 7) is 1.93. The first-order valence-corrected chi connectivity index (χ1v) is 2.31. The molecule has 0 fully saturated rings. The van der Waals surface area contributed by atoms with Gasteiger partial charge in [0, 0.05) is 6.61 Å². The van der Waals surface area contributed by atoms with Crippen LogP contribution in [0.25, 0.3) is 0 Å². The maximum atomic E-state index is 7.57. The molecule has 0 radical (unpaired) electrons. The number of aliphatic hydroxyl groups is 1. The average Bonchev–Trinajstić information content (AvgIpc) is 2.17. The van der Waals surface area contributed by atoms with Crippen molar-refractivity contribution in [1.82, 2.24) is 15.2 Å². The van der Waals surface area contributed by atoms with Crippen LogP contribution in [0.2, 0.25) is 0 Å². The summed E-state index contributed by atoms with van der Waals surface area (Å²) in [4.78, 5) is 3.56. The van der Waals surface area contributed by atoms with Gasteiger partial charge in [-0.25, -0.2) is 4.98 Å². The third-order valence-electron chi connectivity index (χ3n) is 0.331. The molecule has 0 aromatic carbocycles. The van der Waals surface area contributed by atoms with Gasteiger partial charge in [0.2, 0.25) is 0 Å². The van der Waals surface area contributed by atoms with E-state index in [0.717, 1.165) is 0 Å². The SMILES string of the molecule is CCO.c1nc[nH]n1. The van der Waals surface area contributed by atoms with Gasteiger partial charge in [0.15, 0.2) is 0 Å². The zero-order valence-corrected chi connectivity index (χ0v) is 4.70. The van der Waals surface area contributed by atoms with Gasteiger partial charge in [-0.3, -0.25) is 5.10 Å². The molecule has 0 atom stereocenters. The smallest absolute Gasteiger partial charge is 0.137 e. The van der Waals surface area contributed by atoms with Gasteiger partial charge in [0.05, 0.1) is 0 Å². The minimum atomic E-state index is 0.250. The number of aliphatic hydroxyl groups excluding tert-OH is 1. The fourth-order valence-electron chi connectivity index (χ4n) is 0.167. The van der Waals surface area contributed by atoms with Crippen LogP contribution in [0.3, 0.4) is 0 Å². The lowest BCUT2D eigenvalue weighted by molar-refractivity contribution is 0.318. The standard InChI is InChI=1S/C2H3N3.C2H6O/c1-3-2-5-4-1;1-2-3/h1-2H,(H,3,4,5);3H,2H2,1H3. The Bertz CT molecular complexity index is 78.2. The maximum absolute atomic E-state index is 7.57. The number of hydrogen-bond acceptors (Lipinski definition) is 3. The molecule has 2 N–H and O–H groups in total. The van der Waals surface area contributed by atoms with Crippen LogP contribution in [0.15, 0.2) is 12.7 Å². The molecule has 0 aliphatic carbocycles. The number of rotatable bonds is 0. The number of nitrogens with zero attached hydrogens (tertiary/aromatic N) is 2. The van der Waals surface area contributed by atoms with Crippen molar-refractivity contribution in [3.05, 3.63) is 12.7 Å². The van der Waals surface area contributed by atoms with Crippen LogP contribution in [0, 0.1) is 0 Å². The normalized spacial score (nSPS) is 7.25. The molecular weight excluding hydrogens is 106 g/mol. The highest BCUT2D eigenvalue weighted by atomic mass is 16.2. The Morgan fingerprint density at radius 3 is 2.50 bits per heavy atom. The molecular formula is C4H9N3O. The molecule has 4 nitrogen and oxygen atoms in total. The van der Waals surface area contributed by atoms with Gasteiger partial charge < -0.3 is 5.11 Å². The van der Waals surface area contributed by atoms with E-state index in [4.69, 9.17) is 5.11 Å². The monoisotopic (exact) mass is 115 g/mol. The number of aromatic nitrogens is 3. The summed E-state index contributed by atoms with van der Waals surface area (Å²) in [6, 6.07) is 0. The molecule has 0 aliphatic rings. The Morgan fingerprint density at radius 2 is 2.38 bits per heavy atom. The molecule has 46 valence electrons. The zero-order valence-electron chi connectivity index (χ0n) is 4.70. The highest BCUT2D eigenvalue weighted by Crippen LogP contribution is 1.53. The van der Waals surface area contributed by atoms with Gasteiger partial charge >= 0.3 is 0 Å². The molecule has 0 bridgehead atoms. The summed E-state index contributed by atoms with van der Waals surface area (Å²) >= 11 is 0. The quantitative estimate of drug-likeness (QED) is 0.492. The van der Waals surface area contributed by atoms with E-state index in [1.165, 1.54) is 12.7 Å². The van der Waals surface area contributed by atoms with Crippen LogP contribution in [0.1, 0.15) is 6.92 Å². The second-order valence-electron chi connectivity index (χ2n) is 0.968. The van der Waals surface area contributed by atoms with E-state index in [0.29, 0.717) is 0 Å². The summed E-state index contributed by atoms with van der Waals surface area (Å²) in [5.41, 5.74) is 0. The second-order valence-corrected chi connectivity index (χ2v) is 0.968. The number of aromatic amines is 1.